The Morgan fingerprint density at radius 3 is 1.50 bits per heavy atom. The van der Waals surface area contributed by atoms with Gasteiger partial charge in [0.25, 0.3) is 0 Å². The average molecular weight is 644 g/mol. The van der Waals surface area contributed by atoms with Crippen LogP contribution in [0.2, 0.25) is 0 Å². The molecule has 0 heterocycles. The van der Waals surface area contributed by atoms with Gasteiger partial charge in [-0.3, -0.25) is 0 Å². The minimum Gasteiger partial charge on any atom is -0.322 e. The van der Waals surface area contributed by atoms with E-state index in [0.717, 1.165) is 38.9 Å². The molecule has 3 N–H and O–H groups in total. The summed E-state index contributed by atoms with van der Waals surface area (Å²) in [7, 11) is -3.81. The molecule has 0 aliphatic heterocycles. The van der Waals surface area contributed by atoms with Crippen LogP contribution in [0.25, 0.3) is 0 Å². The average Bonchev–Trinajstić information content (AvgIpc) is 2.92. The first-order valence-electron chi connectivity index (χ1n) is 13.3. The summed E-state index contributed by atoms with van der Waals surface area (Å²) in [4.78, 5) is 0.351. The molecule has 0 aliphatic carbocycles. The van der Waals surface area contributed by atoms with Gasteiger partial charge in [0.2, 0.25) is 10.0 Å². The van der Waals surface area contributed by atoms with Crippen LogP contribution >= 0.6 is 0 Å². The van der Waals surface area contributed by atoms with E-state index in [4.69, 9.17) is 5.73 Å². The van der Waals surface area contributed by atoms with Crippen molar-refractivity contribution in [2.24, 2.45) is 5.73 Å². The van der Waals surface area contributed by atoms with Crippen LogP contribution in [0.1, 0.15) is 67.7 Å². The first-order valence-corrected chi connectivity index (χ1v) is 14.8. The van der Waals surface area contributed by atoms with E-state index in [1.54, 1.807) is 0 Å². The molecule has 4 rings (SSSR count). The summed E-state index contributed by atoms with van der Waals surface area (Å²) in [5, 5.41) is 0. The monoisotopic (exact) mass is 644 g/mol. The van der Waals surface area contributed by atoms with E-state index in [0.29, 0.717) is 4.90 Å². The molecule has 0 aromatic heterocycles. The predicted octanol–water partition coefficient (Wildman–Crippen LogP) is 7.56. The molecule has 0 spiro atoms. The van der Waals surface area contributed by atoms with Crippen LogP contribution in [0.4, 0.5) is 0 Å². The molecule has 0 amide bonds. The molecule has 4 aromatic rings. The van der Waals surface area contributed by atoms with Crippen molar-refractivity contribution in [3.05, 3.63) is 134 Å². The van der Waals surface area contributed by atoms with Crippen molar-refractivity contribution < 1.29 is 27.9 Å². The van der Waals surface area contributed by atoms with E-state index in [9.17, 15) is 8.42 Å². The topological polar surface area (TPSA) is 72.2 Å². The fourth-order valence-electron chi connectivity index (χ4n) is 4.86. The van der Waals surface area contributed by atoms with E-state index in [1.807, 2.05) is 95.3 Å². The molecular formula is C34H42N2O2RuS. The number of hydrogen-bond donors (Lipinski definition) is 2. The summed E-state index contributed by atoms with van der Waals surface area (Å²) in [5.41, 5.74) is 17.1. The smallest absolute Gasteiger partial charge is 0.241 e. The third-order valence-corrected chi connectivity index (χ3v) is 9.56. The molecule has 0 unspecified atom stereocenters. The second kappa shape index (κ2) is 14.3. The Morgan fingerprint density at radius 2 is 1.05 bits per heavy atom. The van der Waals surface area contributed by atoms with Gasteiger partial charge in [-0.1, -0.05) is 84.4 Å². The second-order valence-corrected chi connectivity index (χ2v) is 12.1. The van der Waals surface area contributed by atoms with Crippen molar-refractivity contribution in [3.8, 4) is 0 Å². The third kappa shape index (κ3) is 7.76. The Hall–Kier alpha value is -2.63. The van der Waals surface area contributed by atoms with Crippen molar-refractivity contribution in [2.45, 2.75) is 72.4 Å². The van der Waals surface area contributed by atoms with E-state index >= 15 is 0 Å². The zero-order valence-electron chi connectivity index (χ0n) is 24.8. The van der Waals surface area contributed by atoms with Crippen LogP contribution in [-0.4, -0.2) is 8.42 Å². The van der Waals surface area contributed by atoms with Crippen LogP contribution in [0.3, 0.4) is 0 Å². The largest absolute Gasteiger partial charge is 0.322 e. The Morgan fingerprint density at radius 1 is 0.600 bits per heavy atom. The molecule has 214 valence electrons. The molecule has 0 bridgehead atoms. The van der Waals surface area contributed by atoms with Crippen molar-refractivity contribution in [3.63, 3.8) is 0 Å². The predicted molar refractivity (Wildman–Crippen MR) is 164 cm³/mol. The van der Waals surface area contributed by atoms with E-state index < -0.39 is 22.1 Å². The summed E-state index contributed by atoms with van der Waals surface area (Å²) >= 11 is 0. The maximum absolute atomic E-state index is 13.6. The molecule has 2 atom stereocenters. The summed E-state index contributed by atoms with van der Waals surface area (Å²) in [6, 6.07) is 24.5. The van der Waals surface area contributed by atoms with Crippen molar-refractivity contribution in [2.75, 3.05) is 0 Å². The fourth-order valence-corrected chi connectivity index (χ4v) is 6.71. The molecule has 4 nitrogen and oxygen atoms in total. The molecule has 0 radical (unpaired) electrons. The number of hydrogen-bond acceptors (Lipinski definition) is 3. The van der Waals surface area contributed by atoms with Gasteiger partial charge in [-0.2, -0.15) is 0 Å². The minimum absolute atomic E-state index is 0. The normalized spacial score (nSPS) is 12.5. The molecule has 6 heteroatoms. The first-order chi connectivity index (χ1) is 18.3. The number of benzene rings is 4. The number of nitrogens with two attached hydrogens (primary N) is 1. The van der Waals surface area contributed by atoms with Crippen molar-refractivity contribution in [1.82, 2.24) is 4.72 Å². The minimum atomic E-state index is -3.81. The molecular weight excluding hydrogens is 602 g/mol. The van der Waals surface area contributed by atoms with Gasteiger partial charge in [0.15, 0.2) is 0 Å². The molecule has 40 heavy (non-hydrogen) atoms. The Balaban J connectivity index is 0.000000477. The second-order valence-electron chi connectivity index (χ2n) is 10.5. The molecule has 4 aromatic carbocycles. The molecule has 0 aliphatic rings. The van der Waals surface area contributed by atoms with E-state index in [1.165, 1.54) is 16.7 Å². The zero-order chi connectivity index (χ0) is 28.9. The SMILES string of the molecule is Cc1c(C)c(C)c(S(=O)(=O)N[C@H](c2ccccc2)[C@H](N)c2ccccc2)c(C)c1C.Cc1ccc(C)c(C)c1.[Ru]. The van der Waals surface area contributed by atoms with Gasteiger partial charge in [0, 0.05) is 19.5 Å². The van der Waals surface area contributed by atoms with Crippen molar-refractivity contribution >= 4 is 10.0 Å². The van der Waals surface area contributed by atoms with Gasteiger partial charge in [0.1, 0.15) is 0 Å². The molecule has 0 saturated carbocycles. The zero-order valence-corrected chi connectivity index (χ0v) is 27.4. The molecule has 0 saturated heterocycles. The Kier molecular flexibility index (Phi) is 12.0. The number of nitrogens with one attached hydrogen (secondary N) is 1. The quantitative estimate of drug-likeness (QED) is 0.213. The van der Waals surface area contributed by atoms with Crippen LogP contribution in [-0.2, 0) is 29.5 Å². The fraction of sp³-hybridized carbons (Fsp3) is 0.294. The number of sulfonamides is 1. The van der Waals surface area contributed by atoms with Crippen LogP contribution in [0.15, 0.2) is 83.8 Å². The Labute approximate surface area is 254 Å². The number of aryl methyl sites for hydroxylation is 3. The first kappa shape index (κ1) is 33.6. The Bertz CT molecular complexity index is 1510. The van der Waals surface area contributed by atoms with Crippen LogP contribution in [0.5, 0.6) is 0 Å². The van der Waals surface area contributed by atoms with Gasteiger partial charge in [-0.25, -0.2) is 13.1 Å². The standard InChI is InChI=1S/C25H30N2O2S.C9H12.Ru/c1-16-17(2)19(4)25(20(5)18(16)3)30(28,29)27-24(22-14-10-7-11-15-22)23(26)21-12-8-6-9-13-21;1-7-4-5-8(2)9(3)6-7;/h6-15,23-24,27H,26H2,1-5H3;4-6H,1-3H3;/t23-,24-;;/m1../s1. The van der Waals surface area contributed by atoms with Gasteiger partial charge in [0.05, 0.1) is 17.0 Å². The molecule has 0 fully saturated rings. The maximum Gasteiger partial charge on any atom is 0.241 e. The van der Waals surface area contributed by atoms with Gasteiger partial charge < -0.3 is 5.73 Å². The van der Waals surface area contributed by atoms with E-state index in [2.05, 4.69) is 43.7 Å². The van der Waals surface area contributed by atoms with Crippen molar-refractivity contribution in [1.29, 1.82) is 0 Å². The number of rotatable bonds is 6. The summed E-state index contributed by atoms with van der Waals surface area (Å²) in [5.74, 6) is 0. The van der Waals surface area contributed by atoms with Crippen LogP contribution in [0, 0.1) is 55.4 Å². The summed E-state index contributed by atoms with van der Waals surface area (Å²) in [6.07, 6.45) is 0. The summed E-state index contributed by atoms with van der Waals surface area (Å²) in [6.45, 7) is 16.1. The van der Waals surface area contributed by atoms with Gasteiger partial charge in [-0.05, 0) is 105 Å². The van der Waals surface area contributed by atoms with E-state index in [-0.39, 0.29) is 19.5 Å². The van der Waals surface area contributed by atoms with Crippen LogP contribution < -0.4 is 10.5 Å². The third-order valence-electron chi connectivity index (χ3n) is 7.85. The summed E-state index contributed by atoms with van der Waals surface area (Å²) < 4.78 is 30.2. The van der Waals surface area contributed by atoms with Gasteiger partial charge in [-0.15, -0.1) is 0 Å². The maximum atomic E-state index is 13.6. The van der Waals surface area contributed by atoms with Gasteiger partial charge >= 0.3 is 0 Å².